The fourth-order valence-corrected chi connectivity index (χ4v) is 2.57. The van der Waals surface area contributed by atoms with Crippen LogP contribution in [0.3, 0.4) is 0 Å². The van der Waals surface area contributed by atoms with Crippen molar-refractivity contribution in [3.05, 3.63) is 30.1 Å². The van der Waals surface area contributed by atoms with Gasteiger partial charge in [-0.2, -0.15) is 5.10 Å². The molecule has 2 rings (SSSR count). The van der Waals surface area contributed by atoms with Gasteiger partial charge in [-0.3, -0.25) is 9.58 Å². The molecule has 0 radical (unpaired) electrons. The Labute approximate surface area is 97.8 Å². The van der Waals surface area contributed by atoms with Crippen LogP contribution in [0.1, 0.15) is 24.2 Å². The van der Waals surface area contributed by atoms with Gasteiger partial charge < -0.3 is 0 Å². The van der Waals surface area contributed by atoms with Crippen molar-refractivity contribution in [2.75, 3.05) is 13.1 Å². The second-order valence-electron chi connectivity index (χ2n) is 4.69. The molecular formula is C13H21N3. The lowest BCUT2D eigenvalue weighted by Crippen LogP contribution is -2.33. The monoisotopic (exact) mass is 219 g/mol. The largest absolute Gasteiger partial charge is 0.295 e. The average molecular weight is 219 g/mol. The minimum Gasteiger partial charge on any atom is -0.295 e. The highest BCUT2D eigenvalue weighted by Gasteiger charge is 2.24. The highest BCUT2D eigenvalue weighted by Crippen LogP contribution is 2.19. The van der Waals surface area contributed by atoms with Crippen LogP contribution in [0.4, 0.5) is 0 Å². The van der Waals surface area contributed by atoms with Crippen molar-refractivity contribution in [2.45, 2.75) is 39.3 Å². The van der Waals surface area contributed by atoms with Crippen molar-refractivity contribution in [1.29, 1.82) is 0 Å². The van der Waals surface area contributed by atoms with E-state index in [-0.39, 0.29) is 0 Å². The number of hydrogen-bond acceptors (Lipinski definition) is 2. The Kier molecular flexibility index (Phi) is 3.44. The van der Waals surface area contributed by atoms with Crippen molar-refractivity contribution in [1.82, 2.24) is 14.7 Å². The van der Waals surface area contributed by atoms with Gasteiger partial charge in [0.05, 0.1) is 12.2 Å². The minimum absolute atomic E-state index is 0.635. The summed E-state index contributed by atoms with van der Waals surface area (Å²) in [5, 5.41) is 4.53. The minimum atomic E-state index is 0.635. The Hall–Kier alpha value is -1.09. The van der Waals surface area contributed by atoms with E-state index in [9.17, 15) is 0 Å². The molecule has 0 bridgehead atoms. The molecule has 0 saturated carbocycles. The van der Waals surface area contributed by atoms with Gasteiger partial charge in [0.1, 0.15) is 0 Å². The van der Waals surface area contributed by atoms with Crippen LogP contribution in [0.2, 0.25) is 0 Å². The van der Waals surface area contributed by atoms with Gasteiger partial charge in [-0.25, -0.2) is 0 Å². The molecule has 16 heavy (non-hydrogen) atoms. The second kappa shape index (κ2) is 4.83. The molecule has 1 aromatic heterocycles. The molecule has 0 N–H and O–H groups in total. The number of likely N-dealkylation sites (tertiary alicyclic amines) is 1. The highest BCUT2D eigenvalue weighted by molar-refractivity contribution is 5.07. The Bertz CT molecular complexity index is 367. The molecule has 1 aliphatic heterocycles. The first-order valence-corrected chi connectivity index (χ1v) is 6.06. The number of rotatable bonds is 4. The third-order valence-electron chi connectivity index (χ3n) is 3.35. The third-order valence-corrected chi connectivity index (χ3v) is 3.35. The zero-order valence-electron chi connectivity index (χ0n) is 10.3. The molecule has 0 amide bonds. The molecule has 3 heteroatoms. The normalized spacial score (nSPS) is 21.5. The predicted octanol–water partition coefficient (Wildman–Crippen LogP) is 2.15. The van der Waals surface area contributed by atoms with Crippen LogP contribution in [-0.4, -0.2) is 33.8 Å². The lowest BCUT2D eigenvalue weighted by Gasteiger charge is -2.23. The summed E-state index contributed by atoms with van der Waals surface area (Å²) in [6.07, 6.45) is 4.59. The average Bonchev–Trinajstić information content (AvgIpc) is 2.77. The van der Waals surface area contributed by atoms with E-state index < -0.39 is 0 Å². The van der Waals surface area contributed by atoms with E-state index in [1.54, 1.807) is 0 Å². The van der Waals surface area contributed by atoms with E-state index in [0.717, 1.165) is 18.8 Å². The Morgan fingerprint density at radius 1 is 1.56 bits per heavy atom. The standard InChI is InChI=1S/C13H21N3/c1-4-7-15-8-5-6-13(15)10-16-12(3)9-11(2)14-16/h4,9,13H,1,5-8,10H2,2-3H3/t13-/m0/s1. The fraction of sp³-hybridized carbons (Fsp3) is 0.615. The molecule has 1 atom stereocenters. The maximum absolute atomic E-state index is 4.53. The van der Waals surface area contributed by atoms with Gasteiger partial charge in [-0.15, -0.1) is 6.58 Å². The third kappa shape index (κ3) is 2.35. The molecule has 1 fully saturated rings. The van der Waals surface area contributed by atoms with Crippen LogP contribution in [-0.2, 0) is 6.54 Å². The van der Waals surface area contributed by atoms with Crippen molar-refractivity contribution in [3.63, 3.8) is 0 Å². The van der Waals surface area contributed by atoms with Crippen LogP contribution < -0.4 is 0 Å². The molecule has 0 unspecified atom stereocenters. The Morgan fingerprint density at radius 2 is 2.38 bits per heavy atom. The molecule has 0 spiro atoms. The van der Waals surface area contributed by atoms with Gasteiger partial charge in [0.15, 0.2) is 0 Å². The van der Waals surface area contributed by atoms with Crippen LogP contribution in [0.5, 0.6) is 0 Å². The van der Waals surface area contributed by atoms with Crippen molar-refractivity contribution in [3.8, 4) is 0 Å². The summed E-state index contributed by atoms with van der Waals surface area (Å²) in [6, 6.07) is 2.78. The fourth-order valence-electron chi connectivity index (χ4n) is 2.57. The molecule has 0 aromatic carbocycles. The summed E-state index contributed by atoms with van der Waals surface area (Å²) in [5.41, 5.74) is 2.38. The second-order valence-corrected chi connectivity index (χ2v) is 4.69. The molecule has 1 aliphatic rings. The van der Waals surface area contributed by atoms with Gasteiger partial charge in [0.2, 0.25) is 0 Å². The van der Waals surface area contributed by atoms with E-state index in [4.69, 9.17) is 0 Å². The van der Waals surface area contributed by atoms with Gasteiger partial charge in [-0.05, 0) is 39.3 Å². The summed E-state index contributed by atoms with van der Waals surface area (Å²) in [4.78, 5) is 2.50. The molecular weight excluding hydrogens is 198 g/mol. The Morgan fingerprint density at radius 3 is 3.00 bits per heavy atom. The molecule has 2 heterocycles. The zero-order valence-corrected chi connectivity index (χ0v) is 10.3. The van der Waals surface area contributed by atoms with E-state index >= 15 is 0 Å². The van der Waals surface area contributed by atoms with Crippen molar-refractivity contribution in [2.24, 2.45) is 0 Å². The molecule has 1 aromatic rings. The number of nitrogens with zero attached hydrogens (tertiary/aromatic N) is 3. The van der Waals surface area contributed by atoms with E-state index in [1.165, 1.54) is 25.1 Å². The van der Waals surface area contributed by atoms with Gasteiger partial charge >= 0.3 is 0 Å². The van der Waals surface area contributed by atoms with Gasteiger partial charge in [0.25, 0.3) is 0 Å². The van der Waals surface area contributed by atoms with E-state index in [2.05, 4.69) is 41.2 Å². The summed E-state index contributed by atoms with van der Waals surface area (Å²) < 4.78 is 2.14. The van der Waals surface area contributed by atoms with Crippen LogP contribution in [0.25, 0.3) is 0 Å². The number of aryl methyl sites for hydroxylation is 2. The summed E-state index contributed by atoms with van der Waals surface area (Å²) >= 11 is 0. The van der Waals surface area contributed by atoms with Crippen molar-refractivity contribution >= 4 is 0 Å². The zero-order chi connectivity index (χ0) is 11.5. The van der Waals surface area contributed by atoms with Gasteiger partial charge in [-0.1, -0.05) is 6.08 Å². The smallest absolute Gasteiger partial charge is 0.0596 e. The van der Waals surface area contributed by atoms with E-state index in [0.29, 0.717) is 6.04 Å². The Balaban J connectivity index is 2.03. The first kappa shape index (κ1) is 11.4. The highest BCUT2D eigenvalue weighted by atomic mass is 15.3. The summed E-state index contributed by atoms with van der Waals surface area (Å²) in [5.74, 6) is 0. The van der Waals surface area contributed by atoms with Crippen molar-refractivity contribution < 1.29 is 0 Å². The maximum atomic E-state index is 4.53. The first-order chi connectivity index (χ1) is 7.70. The molecule has 0 aliphatic carbocycles. The quantitative estimate of drug-likeness (QED) is 0.724. The first-order valence-electron chi connectivity index (χ1n) is 6.06. The summed E-state index contributed by atoms with van der Waals surface area (Å²) in [7, 11) is 0. The SMILES string of the molecule is C=CCN1CCC[C@H]1Cn1nc(C)cc1C. The lowest BCUT2D eigenvalue weighted by atomic mass is 10.2. The topological polar surface area (TPSA) is 21.1 Å². The van der Waals surface area contributed by atoms with E-state index in [1.807, 2.05) is 6.08 Å². The lowest BCUT2D eigenvalue weighted by molar-refractivity contribution is 0.248. The maximum Gasteiger partial charge on any atom is 0.0596 e. The van der Waals surface area contributed by atoms with Gasteiger partial charge in [0, 0.05) is 18.3 Å². The molecule has 88 valence electrons. The summed E-state index contributed by atoms with van der Waals surface area (Å²) in [6.45, 7) is 11.2. The number of aromatic nitrogens is 2. The molecule has 3 nitrogen and oxygen atoms in total. The molecule has 1 saturated heterocycles. The predicted molar refractivity (Wildman–Crippen MR) is 66.5 cm³/mol. The van der Waals surface area contributed by atoms with Crippen LogP contribution in [0.15, 0.2) is 18.7 Å². The van der Waals surface area contributed by atoms with Crippen LogP contribution in [0, 0.1) is 13.8 Å². The number of hydrogen-bond donors (Lipinski definition) is 0. The van der Waals surface area contributed by atoms with Crippen LogP contribution >= 0.6 is 0 Å².